The summed E-state index contributed by atoms with van der Waals surface area (Å²) < 4.78 is 10.0. The zero-order valence-corrected chi connectivity index (χ0v) is 21.7. The van der Waals surface area contributed by atoms with Gasteiger partial charge in [-0.05, 0) is 43.2 Å². The van der Waals surface area contributed by atoms with Crippen molar-refractivity contribution >= 4 is 34.3 Å². The highest BCUT2D eigenvalue weighted by molar-refractivity contribution is 7.99. The Hall–Kier alpha value is -3.85. The summed E-state index contributed by atoms with van der Waals surface area (Å²) in [5, 5.41) is 5.12. The molecule has 188 valence electrons. The van der Waals surface area contributed by atoms with E-state index in [-0.39, 0.29) is 17.2 Å². The molecule has 1 fully saturated rings. The topological polar surface area (TPSA) is 77.5 Å². The lowest BCUT2D eigenvalue weighted by Gasteiger charge is -2.30. The van der Waals surface area contributed by atoms with Crippen molar-refractivity contribution in [2.75, 3.05) is 25.1 Å². The number of nitrogens with zero attached hydrogens (tertiary/aromatic N) is 6. The molecular formula is C28H28N6O2S. The van der Waals surface area contributed by atoms with Gasteiger partial charge in [0.2, 0.25) is 5.91 Å². The summed E-state index contributed by atoms with van der Waals surface area (Å²) in [4.78, 5) is 24.9. The normalized spacial score (nSPS) is 16.4. The average Bonchev–Trinajstić information content (AvgIpc) is 3.70. The fourth-order valence-electron chi connectivity index (χ4n) is 4.70. The lowest BCUT2D eigenvalue weighted by Crippen LogP contribution is -2.39. The highest BCUT2D eigenvalue weighted by atomic mass is 32.2. The molecule has 8 nitrogen and oxygen atoms in total. The molecule has 9 heteroatoms. The Morgan fingerprint density at radius 3 is 2.81 bits per heavy atom. The molecule has 6 rings (SSSR count). The van der Waals surface area contributed by atoms with E-state index in [1.807, 2.05) is 42.6 Å². The van der Waals surface area contributed by atoms with Crippen LogP contribution >= 0.6 is 11.8 Å². The Balaban J connectivity index is 1.36. The van der Waals surface area contributed by atoms with Gasteiger partial charge in [-0.1, -0.05) is 17.8 Å². The van der Waals surface area contributed by atoms with Crippen molar-refractivity contribution in [3.8, 4) is 16.9 Å². The molecular weight excluding hydrogens is 484 g/mol. The Kier molecular flexibility index (Phi) is 6.08. The van der Waals surface area contributed by atoms with Crippen LogP contribution in [0.5, 0.6) is 5.75 Å². The van der Waals surface area contributed by atoms with Gasteiger partial charge < -0.3 is 14.2 Å². The molecule has 1 unspecified atom stereocenters. The summed E-state index contributed by atoms with van der Waals surface area (Å²) in [6.45, 7) is 5.17. The van der Waals surface area contributed by atoms with Crippen LogP contribution in [0.3, 0.4) is 0 Å². The van der Waals surface area contributed by atoms with Gasteiger partial charge in [0.25, 0.3) is 0 Å². The minimum absolute atomic E-state index is 0.103. The van der Waals surface area contributed by atoms with E-state index in [4.69, 9.17) is 4.74 Å². The number of aryl methyl sites for hydroxylation is 1. The molecule has 1 aliphatic carbocycles. The van der Waals surface area contributed by atoms with Crippen LogP contribution in [0.4, 0.5) is 5.69 Å². The van der Waals surface area contributed by atoms with E-state index in [1.54, 1.807) is 29.7 Å². The molecule has 1 atom stereocenters. The Morgan fingerprint density at radius 1 is 1.22 bits per heavy atom. The minimum Gasteiger partial charge on any atom is -0.489 e. The number of fused-ring (bicyclic) bond motifs is 3. The number of benzene rings is 1. The average molecular weight is 513 g/mol. The van der Waals surface area contributed by atoms with Crippen LogP contribution in [0.25, 0.3) is 22.0 Å². The van der Waals surface area contributed by atoms with E-state index >= 15 is 0 Å². The number of rotatable bonds is 6. The second kappa shape index (κ2) is 9.55. The highest BCUT2D eigenvalue weighted by Gasteiger charge is 2.36. The summed E-state index contributed by atoms with van der Waals surface area (Å²) in [6, 6.07) is 10.2. The summed E-state index contributed by atoms with van der Waals surface area (Å²) >= 11 is 1.67. The van der Waals surface area contributed by atoms with Gasteiger partial charge in [0.15, 0.2) is 5.75 Å². The second-order valence-electron chi connectivity index (χ2n) is 9.32. The lowest BCUT2D eigenvalue weighted by molar-refractivity contribution is -0.120. The van der Waals surface area contributed by atoms with Gasteiger partial charge in [0.05, 0.1) is 24.5 Å². The monoisotopic (exact) mass is 512 g/mol. The molecule has 2 aliphatic rings. The van der Waals surface area contributed by atoms with E-state index in [2.05, 4.69) is 50.6 Å². The second-order valence-corrected chi connectivity index (χ2v) is 10.5. The number of thioether (sulfide) groups is 1. The summed E-state index contributed by atoms with van der Waals surface area (Å²) in [6.07, 6.45) is 11.6. The number of hydrogen-bond donors (Lipinski definition) is 0. The molecule has 0 spiro atoms. The van der Waals surface area contributed by atoms with Gasteiger partial charge in [-0.15, -0.1) is 6.58 Å². The molecule has 1 aliphatic heterocycles. The van der Waals surface area contributed by atoms with Gasteiger partial charge in [0.1, 0.15) is 23.2 Å². The van der Waals surface area contributed by atoms with E-state index < -0.39 is 0 Å². The summed E-state index contributed by atoms with van der Waals surface area (Å²) in [5.41, 5.74) is 4.55. The number of carbonyl (C=O) groups excluding carboxylic acids is 1. The van der Waals surface area contributed by atoms with Crippen LogP contribution < -0.4 is 15.1 Å². The lowest BCUT2D eigenvalue weighted by atomic mass is 10.1. The maximum absolute atomic E-state index is 12.9. The highest BCUT2D eigenvalue weighted by Crippen LogP contribution is 2.42. The zero-order chi connectivity index (χ0) is 25.5. The van der Waals surface area contributed by atoms with Crippen molar-refractivity contribution in [3.63, 3.8) is 0 Å². The predicted octanol–water partition coefficient (Wildman–Crippen LogP) is 4.58. The SMILES string of the molecule is C=CC(Sc1ccc2ncc3c(c2c1)OCCN3C(=O)C1CC1)n1cc(-c2cnn(C)c2)ccc1=NC. The largest absolute Gasteiger partial charge is 0.489 e. The molecule has 3 aromatic heterocycles. The molecule has 4 heterocycles. The van der Waals surface area contributed by atoms with Gasteiger partial charge in [0, 0.05) is 53.8 Å². The third-order valence-electron chi connectivity index (χ3n) is 6.77. The standard InChI is InChI=1S/C28H28N6O2S/c1-4-26(34-17-19(7-10-25(34)29-2)20-14-31-32(3)16-20)37-21-8-9-23-22(13-21)27-24(15-30-23)33(11-12-36-27)28(35)18-5-6-18/h4,7-10,13-18,26H,1,5-6,11-12H2,2-3H3. The van der Waals surface area contributed by atoms with Gasteiger partial charge in [-0.2, -0.15) is 5.10 Å². The van der Waals surface area contributed by atoms with Crippen molar-refractivity contribution in [2.45, 2.75) is 23.1 Å². The van der Waals surface area contributed by atoms with Gasteiger partial charge >= 0.3 is 0 Å². The quantitative estimate of drug-likeness (QED) is 0.279. The first kappa shape index (κ1) is 23.5. The van der Waals surface area contributed by atoms with Crippen molar-refractivity contribution in [1.82, 2.24) is 19.3 Å². The fourth-order valence-corrected chi connectivity index (χ4v) is 5.69. The van der Waals surface area contributed by atoms with Crippen LogP contribution in [0.1, 0.15) is 18.2 Å². The van der Waals surface area contributed by atoms with Gasteiger partial charge in [-0.3, -0.25) is 19.5 Å². The van der Waals surface area contributed by atoms with Crippen LogP contribution in [0.2, 0.25) is 0 Å². The van der Waals surface area contributed by atoms with Crippen molar-refractivity contribution in [2.24, 2.45) is 18.0 Å². The molecule has 0 saturated heterocycles. The molecule has 1 saturated carbocycles. The number of aromatic nitrogens is 4. The van der Waals surface area contributed by atoms with Crippen molar-refractivity contribution in [3.05, 3.63) is 73.3 Å². The van der Waals surface area contributed by atoms with Crippen molar-refractivity contribution < 1.29 is 9.53 Å². The maximum atomic E-state index is 12.9. The number of carbonyl (C=O) groups is 1. The molecule has 4 aromatic rings. The molecule has 1 aromatic carbocycles. The first-order valence-electron chi connectivity index (χ1n) is 12.4. The minimum atomic E-state index is -0.103. The number of ether oxygens (including phenoxy) is 1. The molecule has 0 bridgehead atoms. The number of anilines is 1. The van der Waals surface area contributed by atoms with Gasteiger partial charge in [-0.25, -0.2) is 0 Å². The Bertz CT molecular complexity index is 1590. The molecule has 1 amide bonds. The number of hydrogen-bond acceptors (Lipinski definition) is 6. The zero-order valence-electron chi connectivity index (χ0n) is 20.9. The van der Waals surface area contributed by atoms with Crippen LogP contribution in [-0.2, 0) is 11.8 Å². The van der Waals surface area contributed by atoms with Crippen LogP contribution in [0.15, 0.2) is 77.7 Å². The van der Waals surface area contributed by atoms with Crippen LogP contribution in [0, 0.1) is 5.92 Å². The van der Waals surface area contributed by atoms with Crippen molar-refractivity contribution in [1.29, 1.82) is 0 Å². The van der Waals surface area contributed by atoms with E-state index in [9.17, 15) is 4.79 Å². The first-order chi connectivity index (χ1) is 18.1. The number of pyridine rings is 2. The summed E-state index contributed by atoms with van der Waals surface area (Å²) in [7, 11) is 3.70. The fraction of sp³-hybridized carbons (Fsp3) is 0.286. The maximum Gasteiger partial charge on any atom is 0.230 e. The van der Waals surface area contributed by atoms with E-state index in [1.165, 1.54) is 0 Å². The third-order valence-corrected chi connectivity index (χ3v) is 7.96. The molecule has 37 heavy (non-hydrogen) atoms. The Morgan fingerprint density at radius 2 is 2.08 bits per heavy atom. The Labute approximate surface area is 219 Å². The molecule has 0 N–H and O–H groups in total. The van der Waals surface area contributed by atoms with Crippen LogP contribution in [-0.4, -0.2) is 45.4 Å². The predicted molar refractivity (Wildman–Crippen MR) is 146 cm³/mol. The van der Waals surface area contributed by atoms with E-state index in [0.29, 0.717) is 13.2 Å². The summed E-state index contributed by atoms with van der Waals surface area (Å²) in [5.74, 6) is 1.07. The third kappa shape index (κ3) is 4.44. The van der Waals surface area contributed by atoms with E-state index in [0.717, 1.165) is 56.7 Å². The molecule has 0 radical (unpaired) electrons. The number of amides is 1. The first-order valence-corrected chi connectivity index (χ1v) is 13.2. The smallest absolute Gasteiger partial charge is 0.230 e.